The minimum atomic E-state index is -0.568. The second-order valence-corrected chi connectivity index (χ2v) is 4.90. The van der Waals surface area contributed by atoms with E-state index in [0.717, 1.165) is 5.56 Å². The van der Waals surface area contributed by atoms with E-state index in [9.17, 15) is 9.59 Å². The summed E-state index contributed by atoms with van der Waals surface area (Å²) in [6.07, 6.45) is 1.09. The third kappa shape index (κ3) is 3.64. The lowest BCUT2D eigenvalue weighted by Gasteiger charge is -2.09. The van der Waals surface area contributed by atoms with Crippen LogP contribution in [0.15, 0.2) is 60.7 Å². The van der Waals surface area contributed by atoms with Crippen LogP contribution in [0.4, 0.5) is 0 Å². The normalized spacial score (nSPS) is 11.8. The number of hydrogen-bond acceptors (Lipinski definition) is 2. The molecule has 2 nitrogen and oxygen atoms in total. The third-order valence-corrected chi connectivity index (χ3v) is 3.44. The first-order chi connectivity index (χ1) is 9.68. The Morgan fingerprint density at radius 1 is 0.900 bits per heavy atom. The summed E-state index contributed by atoms with van der Waals surface area (Å²) in [6, 6.07) is 18.9. The summed E-state index contributed by atoms with van der Waals surface area (Å²) >= 11 is 0. The molecule has 0 saturated carbocycles. The highest BCUT2D eigenvalue weighted by Gasteiger charge is 2.21. The molecular weight excluding hydrogens is 248 g/mol. The molecule has 2 aromatic carbocycles. The Kier molecular flexibility index (Phi) is 4.83. The van der Waals surface area contributed by atoms with Gasteiger partial charge in [0.05, 0.1) is 5.92 Å². The first kappa shape index (κ1) is 14.2. The molecule has 0 aliphatic heterocycles. The number of benzene rings is 2. The number of hydrogen-bond donors (Lipinski definition) is 0. The van der Waals surface area contributed by atoms with Crippen molar-refractivity contribution in [2.24, 2.45) is 5.92 Å². The van der Waals surface area contributed by atoms with Crippen molar-refractivity contribution >= 4 is 11.6 Å². The monoisotopic (exact) mass is 266 g/mol. The van der Waals surface area contributed by atoms with Gasteiger partial charge in [0, 0.05) is 12.0 Å². The van der Waals surface area contributed by atoms with Crippen LogP contribution in [0.1, 0.15) is 29.3 Å². The molecule has 0 aromatic heterocycles. The van der Waals surface area contributed by atoms with Crippen LogP contribution in [-0.2, 0) is 11.2 Å². The molecule has 1 unspecified atom stereocenters. The fraction of sp³-hybridized carbons (Fsp3) is 0.222. The van der Waals surface area contributed by atoms with Crippen molar-refractivity contribution in [1.29, 1.82) is 0 Å². The van der Waals surface area contributed by atoms with Gasteiger partial charge in [0.1, 0.15) is 5.78 Å². The average Bonchev–Trinajstić information content (AvgIpc) is 2.53. The van der Waals surface area contributed by atoms with Gasteiger partial charge in [0.25, 0.3) is 0 Å². The van der Waals surface area contributed by atoms with E-state index in [1.807, 2.05) is 48.5 Å². The second kappa shape index (κ2) is 6.80. The largest absolute Gasteiger partial charge is 0.299 e. The molecule has 0 radical (unpaired) electrons. The Hall–Kier alpha value is -2.22. The lowest BCUT2D eigenvalue weighted by molar-refractivity contribution is -0.121. The summed E-state index contributed by atoms with van der Waals surface area (Å²) in [4.78, 5) is 24.3. The van der Waals surface area contributed by atoms with Gasteiger partial charge in [0.15, 0.2) is 5.78 Å². The van der Waals surface area contributed by atoms with Crippen LogP contribution in [-0.4, -0.2) is 11.6 Å². The van der Waals surface area contributed by atoms with Gasteiger partial charge in [0.2, 0.25) is 0 Å². The predicted octanol–water partition coefficient (Wildman–Crippen LogP) is 3.71. The van der Waals surface area contributed by atoms with Gasteiger partial charge in [-0.05, 0) is 18.9 Å². The Bertz CT molecular complexity index is 573. The van der Waals surface area contributed by atoms with E-state index < -0.39 is 5.92 Å². The van der Waals surface area contributed by atoms with Crippen LogP contribution in [0.2, 0.25) is 0 Å². The average molecular weight is 266 g/mol. The van der Waals surface area contributed by atoms with Crippen molar-refractivity contribution in [1.82, 2.24) is 0 Å². The van der Waals surface area contributed by atoms with E-state index in [4.69, 9.17) is 0 Å². The quantitative estimate of drug-likeness (QED) is 0.590. The van der Waals surface area contributed by atoms with E-state index in [0.29, 0.717) is 18.4 Å². The summed E-state index contributed by atoms with van der Waals surface area (Å²) in [5.74, 6) is -0.660. The molecule has 0 heterocycles. The van der Waals surface area contributed by atoms with E-state index >= 15 is 0 Å². The van der Waals surface area contributed by atoms with Crippen LogP contribution < -0.4 is 0 Å². The van der Waals surface area contributed by atoms with Crippen molar-refractivity contribution in [2.45, 2.75) is 19.8 Å². The first-order valence-electron chi connectivity index (χ1n) is 6.84. The number of carbonyl (C=O) groups is 2. The highest BCUT2D eigenvalue weighted by atomic mass is 16.1. The van der Waals surface area contributed by atoms with Gasteiger partial charge < -0.3 is 0 Å². The molecule has 0 aliphatic carbocycles. The maximum Gasteiger partial charge on any atom is 0.173 e. The number of ketones is 2. The van der Waals surface area contributed by atoms with Crippen molar-refractivity contribution in [3.63, 3.8) is 0 Å². The highest BCUT2D eigenvalue weighted by molar-refractivity contribution is 6.10. The molecule has 0 N–H and O–H groups in total. The predicted molar refractivity (Wildman–Crippen MR) is 79.7 cm³/mol. The molecule has 0 bridgehead atoms. The van der Waals surface area contributed by atoms with Gasteiger partial charge in [-0.3, -0.25) is 9.59 Å². The van der Waals surface area contributed by atoms with Gasteiger partial charge in [-0.25, -0.2) is 0 Å². The van der Waals surface area contributed by atoms with Crippen LogP contribution >= 0.6 is 0 Å². The molecule has 0 aliphatic rings. The van der Waals surface area contributed by atoms with Crippen LogP contribution in [0, 0.1) is 5.92 Å². The van der Waals surface area contributed by atoms with Crippen molar-refractivity contribution in [2.75, 3.05) is 0 Å². The first-order valence-corrected chi connectivity index (χ1v) is 6.84. The standard InChI is InChI=1S/C18H18O2/c1-14(18(20)16-10-6-3-7-11-16)17(19)13-12-15-8-4-2-5-9-15/h2-11,14H,12-13H2,1H3. The zero-order chi connectivity index (χ0) is 14.4. The molecule has 20 heavy (non-hydrogen) atoms. The number of Topliss-reactive ketones (excluding diaryl/α,β-unsaturated/α-hetero) is 2. The third-order valence-electron chi connectivity index (χ3n) is 3.44. The van der Waals surface area contributed by atoms with Crippen molar-refractivity contribution in [3.8, 4) is 0 Å². The fourth-order valence-corrected chi connectivity index (χ4v) is 2.13. The number of aryl methyl sites for hydroxylation is 1. The van der Waals surface area contributed by atoms with Crippen LogP contribution in [0.25, 0.3) is 0 Å². The molecule has 0 spiro atoms. The maximum absolute atomic E-state index is 12.2. The molecule has 2 aromatic rings. The van der Waals surface area contributed by atoms with Gasteiger partial charge in [-0.15, -0.1) is 0 Å². The molecule has 1 atom stereocenters. The fourth-order valence-electron chi connectivity index (χ4n) is 2.13. The van der Waals surface area contributed by atoms with E-state index in [1.165, 1.54) is 0 Å². The van der Waals surface area contributed by atoms with Crippen molar-refractivity contribution in [3.05, 3.63) is 71.8 Å². The molecule has 0 saturated heterocycles. The topological polar surface area (TPSA) is 34.1 Å². The molecular formula is C18H18O2. The summed E-state index contributed by atoms with van der Waals surface area (Å²) in [5, 5.41) is 0. The van der Waals surface area contributed by atoms with Crippen LogP contribution in [0.3, 0.4) is 0 Å². The Morgan fingerprint density at radius 3 is 2.05 bits per heavy atom. The zero-order valence-corrected chi connectivity index (χ0v) is 11.6. The van der Waals surface area contributed by atoms with E-state index in [2.05, 4.69) is 0 Å². The van der Waals surface area contributed by atoms with Crippen LogP contribution in [0.5, 0.6) is 0 Å². The Labute approximate surface area is 119 Å². The summed E-state index contributed by atoms with van der Waals surface area (Å²) in [7, 11) is 0. The SMILES string of the molecule is CC(C(=O)CCc1ccccc1)C(=O)c1ccccc1. The molecule has 0 fully saturated rings. The smallest absolute Gasteiger partial charge is 0.173 e. The van der Waals surface area contributed by atoms with Gasteiger partial charge in [-0.1, -0.05) is 60.7 Å². The number of carbonyl (C=O) groups excluding carboxylic acids is 2. The highest BCUT2D eigenvalue weighted by Crippen LogP contribution is 2.13. The zero-order valence-electron chi connectivity index (χ0n) is 11.6. The lowest BCUT2D eigenvalue weighted by Crippen LogP contribution is -2.21. The lowest BCUT2D eigenvalue weighted by atomic mass is 9.92. The minimum Gasteiger partial charge on any atom is -0.299 e. The summed E-state index contributed by atoms with van der Waals surface area (Å²) < 4.78 is 0. The maximum atomic E-state index is 12.2. The van der Waals surface area contributed by atoms with E-state index in [-0.39, 0.29) is 11.6 Å². The van der Waals surface area contributed by atoms with Gasteiger partial charge in [-0.2, -0.15) is 0 Å². The van der Waals surface area contributed by atoms with Gasteiger partial charge >= 0.3 is 0 Å². The Balaban J connectivity index is 1.94. The van der Waals surface area contributed by atoms with E-state index in [1.54, 1.807) is 19.1 Å². The Morgan fingerprint density at radius 2 is 1.45 bits per heavy atom. The molecule has 102 valence electrons. The van der Waals surface area contributed by atoms with Crippen molar-refractivity contribution < 1.29 is 9.59 Å². The molecule has 2 rings (SSSR count). The second-order valence-electron chi connectivity index (χ2n) is 4.90. The molecule has 2 heteroatoms. The molecule has 0 amide bonds. The number of rotatable bonds is 6. The summed E-state index contributed by atoms with van der Waals surface area (Å²) in [5.41, 5.74) is 1.73. The summed E-state index contributed by atoms with van der Waals surface area (Å²) in [6.45, 7) is 1.70. The minimum absolute atomic E-state index is 0.00251.